The van der Waals surface area contributed by atoms with Gasteiger partial charge < -0.3 is 21.6 Å². The van der Waals surface area contributed by atoms with Crippen molar-refractivity contribution >= 4 is 17.6 Å². The van der Waals surface area contributed by atoms with Gasteiger partial charge in [0.25, 0.3) is 0 Å². The Balaban J connectivity index is 2.11. The number of aliphatic imine (C=N–C) groups is 2. The highest BCUT2D eigenvalue weighted by Crippen LogP contribution is 2.22. The molecule has 116 valence electrons. The van der Waals surface area contributed by atoms with Crippen molar-refractivity contribution in [2.45, 2.75) is 26.2 Å². The molecule has 0 fully saturated rings. The third kappa shape index (κ3) is 4.30. The predicted molar refractivity (Wildman–Crippen MR) is 85.4 cm³/mol. The molecule has 0 spiro atoms. The summed E-state index contributed by atoms with van der Waals surface area (Å²) in [6.07, 6.45) is 2.90. The molecule has 0 unspecified atom stereocenters. The van der Waals surface area contributed by atoms with E-state index in [2.05, 4.69) is 27.1 Å². The van der Waals surface area contributed by atoms with E-state index >= 15 is 0 Å². The first-order valence-corrected chi connectivity index (χ1v) is 6.95. The highest BCUT2D eigenvalue weighted by atomic mass is 16.4. The van der Waals surface area contributed by atoms with E-state index in [9.17, 15) is 0 Å². The second kappa shape index (κ2) is 7.21. The van der Waals surface area contributed by atoms with Crippen LogP contribution in [0.2, 0.25) is 0 Å². The molecular formula is C14H19N7O. The minimum absolute atomic E-state index is 0.00704. The van der Waals surface area contributed by atoms with Gasteiger partial charge >= 0.3 is 0 Å². The van der Waals surface area contributed by atoms with Crippen molar-refractivity contribution in [3.63, 3.8) is 0 Å². The lowest BCUT2D eigenvalue weighted by Crippen LogP contribution is -2.26. The van der Waals surface area contributed by atoms with E-state index in [1.165, 1.54) is 0 Å². The Bertz CT molecular complexity index is 669. The van der Waals surface area contributed by atoms with Gasteiger partial charge in [-0.1, -0.05) is 13.3 Å². The topological polar surface area (TPSA) is 142 Å². The van der Waals surface area contributed by atoms with Crippen molar-refractivity contribution in [3.8, 4) is 11.5 Å². The first-order valence-electron chi connectivity index (χ1n) is 6.95. The van der Waals surface area contributed by atoms with Gasteiger partial charge in [-0.3, -0.25) is 0 Å². The van der Waals surface area contributed by atoms with Crippen LogP contribution in [0.5, 0.6) is 0 Å². The number of unbranched alkanes of at least 4 members (excludes halogenated alkanes) is 1. The number of nitrogens with zero attached hydrogens (tertiary/aromatic N) is 4. The number of guanidine groups is 2. The summed E-state index contributed by atoms with van der Waals surface area (Å²) in [5, 5.41) is 8.06. The quantitative estimate of drug-likeness (QED) is 0.561. The van der Waals surface area contributed by atoms with Crippen LogP contribution >= 0.6 is 0 Å². The monoisotopic (exact) mass is 301 g/mol. The van der Waals surface area contributed by atoms with Crippen molar-refractivity contribution in [2.75, 3.05) is 0 Å². The summed E-state index contributed by atoms with van der Waals surface area (Å²) in [7, 11) is 0. The lowest BCUT2D eigenvalue weighted by molar-refractivity contribution is 0.496. The number of aryl methyl sites for hydroxylation is 1. The zero-order valence-electron chi connectivity index (χ0n) is 12.4. The van der Waals surface area contributed by atoms with Crippen LogP contribution in [-0.2, 0) is 6.42 Å². The van der Waals surface area contributed by atoms with Gasteiger partial charge in [-0.05, 0) is 30.7 Å². The first kappa shape index (κ1) is 15.5. The van der Waals surface area contributed by atoms with E-state index in [0.29, 0.717) is 17.5 Å². The van der Waals surface area contributed by atoms with Crippen LogP contribution < -0.4 is 17.2 Å². The minimum atomic E-state index is -0.136. The van der Waals surface area contributed by atoms with E-state index in [1.54, 1.807) is 12.1 Å². The Kier molecular flexibility index (Phi) is 5.07. The van der Waals surface area contributed by atoms with Crippen LogP contribution in [0.15, 0.2) is 38.7 Å². The maximum atomic E-state index is 5.61. The summed E-state index contributed by atoms with van der Waals surface area (Å²) >= 11 is 0. The smallest absolute Gasteiger partial charge is 0.247 e. The molecule has 8 nitrogen and oxygen atoms in total. The molecule has 2 aromatic rings. The van der Waals surface area contributed by atoms with E-state index in [-0.39, 0.29) is 11.9 Å². The van der Waals surface area contributed by atoms with Crippen LogP contribution in [0, 0.1) is 0 Å². The highest BCUT2D eigenvalue weighted by Gasteiger charge is 2.08. The normalized spacial score (nSPS) is 11.4. The van der Waals surface area contributed by atoms with Crippen LogP contribution in [0.25, 0.3) is 11.5 Å². The molecule has 8 heteroatoms. The molecule has 0 amide bonds. The number of aromatic nitrogens is 2. The highest BCUT2D eigenvalue weighted by molar-refractivity contribution is 5.93. The summed E-state index contributed by atoms with van der Waals surface area (Å²) in [5.74, 6) is 0.991. The lowest BCUT2D eigenvalue weighted by Gasteiger charge is -1.98. The largest absolute Gasteiger partial charge is 0.421 e. The molecule has 2 rings (SSSR count). The average molecular weight is 301 g/mol. The Hall–Kier alpha value is -2.90. The van der Waals surface area contributed by atoms with E-state index in [0.717, 1.165) is 24.8 Å². The number of hydrogen-bond acceptors (Lipinski definition) is 4. The van der Waals surface area contributed by atoms with Crippen molar-refractivity contribution < 1.29 is 4.42 Å². The summed E-state index contributed by atoms with van der Waals surface area (Å²) < 4.78 is 5.61. The molecule has 1 aromatic heterocycles. The van der Waals surface area contributed by atoms with E-state index < -0.39 is 0 Å². The van der Waals surface area contributed by atoms with Gasteiger partial charge in [-0.2, -0.15) is 4.99 Å². The fourth-order valence-electron chi connectivity index (χ4n) is 1.77. The molecule has 0 atom stereocenters. The third-order valence-electron chi connectivity index (χ3n) is 2.81. The third-order valence-corrected chi connectivity index (χ3v) is 2.81. The number of hydrogen-bond donors (Lipinski definition) is 3. The molecule has 0 bridgehead atoms. The molecular weight excluding hydrogens is 282 g/mol. The Morgan fingerprint density at radius 2 is 1.86 bits per heavy atom. The average Bonchev–Trinajstić information content (AvgIpc) is 2.94. The Labute approximate surface area is 128 Å². The van der Waals surface area contributed by atoms with Gasteiger partial charge in [0.1, 0.15) is 0 Å². The molecule has 0 aliphatic carbocycles. The second-order valence-corrected chi connectivity index (χ2v) is 4.66. The van der Waals surface area contributed by atoms with E-state index in [1.807, 2.05) is 12.1 Å². The number of rotatable bonds is 5. The van der Waals surface area contributed by atoms with Crippen molar-refractivity contribution in [1.29, 1.82) is 0 Å². The van der Waals surface area contributed by atoms with Gasteiger partial charge in [0, 0.05) is 12.0 Å². The zero-order valence-corrected chi connectivity index (χ0v) is 12.4. The van der Waals surface area contributed by atoms with Crippen molar-refractivity contribution in [1.82, 2.24) is 10.2 Å². The molecule has 0 saturated heterocycles. The Morgan fingerprint density at radius 1 is 1.14 bits per heavy atom. The van der Waals surface area contributed by atoms with Crippen LogP contribution in [0.1, 0.15) is 25.7 Å². The standard InChI is InChI=1S/C14H19N7O/c1-2-3-4-11-20-21-12(22-11)9-5-7-10(8-6-9)18-14(17)19-13(15)16/h5-8H,2-4H2,1H3,(H6,15,16,17,18,19). The maximum Gasteiger partial charge on any atom is 0.247 e. The molecule has 1 heterocycles. The van der Waals surface area contributed by atoms with Crippen molar-refractivity contribution in [3.05, 3.63) is 30.2 Å². The summed E-state index contributed by atoms with van der Waals surface area (Å²) in [4.78, 5) is 7.70. The molecule has 0 aliphatic heterocycles. The lowest BCUT2D eigenvalue weighted by atomic mass is 10.2. The van der Waals surface area contributed by atoms with E-state index in [4.69, 9.17) is 21.6 Å². The predicted octanol–water partition coefficient (Wildman–Crippen LogP) is 1.30. The SMILES string of the molecule is CCCCc1nnc(-c2ccc(N=C(N)N=C(N)N)cc2)o1. The van der Waals surface area contributed by atoms with Gasteiger partial charge in [-0.25, -0.2) is 4.99 Å². The van der Waals surface area contributed by atoms with Gasteiger partial charge in [0.2, 0.25) is 17.7 Å². The van der Waals surface area contributed by atoms with Crippen molar-refractivity contribution in [2.24, 2.45) is 27.2 Å². The van der Waals surface area contributed by atoms with Gasteiger partial charge in [0.05, 0.1) is 5.69 Å². The summed E-state index contributed by atoms with van der Waals surface area (Å²) in [5.41, 5.74) is 17.5. The fourth-order valence-corrected chi connectivity index (χ4v) is 1.77. The van der Waals surface area contributed by atoms with Crippen LogP contribution in [-0.4, -0.2) is 22.1 Å². The summed E-state index contributed by atoms with van der Waals surface area (Å²) in [6, 6.07) is 7.16. The van der Waals surface area contributed by atoms with Crippen LogP contribution in [0.4, 0.5) is 5.69 Å². The minimum Gasteiger partial charge on any atom is -0.421 e. The fraction of sp³-hybridized carbons (Fsp3) is 0.286. The molecule has 0 radical (unpaired) electrons. The molecule has 6 N–H and O–H groups in total. The number of benzene rings is 1. The zero-order chi connectivity index (χ0) is 15.9. The molecule has 0 saturated carbocycles. The van der Waals surface area contributed by atoms with Gasteiger partial charge in [-0.15, -0.1) is 10.2 Å². The summed E-state index contributed by atoms with van der Waals surface area (Å²) in [6.45, 7) is 2.12. The first-order chi connectivity index (χ1) is 10.6. The van der Waals surface area contributed by atoms with Gasteiger partial charge in [0.15, 0.2) is 5.96 Å². The second-order valence-electron chi connectivity index (χ2n) is 4.66. The molecule has 22 heavy (non-hydrogen) atoms. The molecule has 0 aliphatic rings. The number of nitrogens with two attached hydrogens (primary N) is 3. The van der Waals surface area contributed by atoms with Crippen LogP contribution in [0.3, 0.4) is 0 Å². The molecule has 1 aromatic carbocycles. The Morgan fingerprint density at radius 3 is 2.50 bits per heavy atom. The maximum absolute atomic E-state index is 5.61.